The van der Waals surface area contributed by atoms with E-state index in [1.807, 2.05) is 0 Å². The average molecular weight is 211 g/mol. The van der Waals surface area contributed by atoms with E-state index in [-0.39, 0.29) is 0 Å². The zero-order valence-electron chi connectivity index (χ0n) is 10.2. The summed E-state index contributed by atoms with van der Waals surface area (Å²) in [6.07, 6.45) is 8.68. The number of hydrogen-bond donors (Lipinski definition) is 1. The molecule has 15 heavy (non-hydrogen) atoms. The molecule has 0 radical (unpaired) electrons. The summed E-state index contributed by atoms with van der Waals surface area (Å²) in [5, 5.41) is 3.61. The second-order valence-corrected chi connectivity index (χ2v) is 5.73. The molecule has 0 spiro atoms. The van der Waals surface area contributed by atoms with Crippen LogP contribution < -0.4 is 5.32 Å². The summed E-state index contributed by atoms with van der Waals surface area (Å²) in [6, 6.07) is 0.618. The SMILES string of the molecule is CC(C)NCC1(CC2CCCO2)CCC1. The molecule has 1 atom stereocenters. The molecule has 1 heterocycles. The van der Waals surface area contributed by atoms with Crippen molar-refractivity contribution >= 4 is 0 Å². The molecule has 88 valence electrons. The lowest BCUT2D eigenvalue weighted by atomic mass is 9.65. The molecule has 2 nitrogen and oxygen atoms in total. The maximum Gasteiger partial charge on any atom is 0.0581 e. The van der Waals surface area contributed by atoms with Crippen LogP contribution in [0.15, 0.2) is 0 Å². The standard InChI is InChI=1S/C13H25NO/c1-11(2)14-10-13(6-4-7-13)9-12-5-3-8-15-12/h11-12,14H,3-10H2,1-2H3. The smallest absolute Gasteiger partial charge is 0.0581 e. The van der Waals surface area contributed by atoms with Crippen LogP contribution in [0.2, 0.25) is 0 Å². The fourth-order valence-corrected chi connectivity index (χ4v) is 2.84. The quantitative estimate of drug-likeness (QED) is 0.755. The Kier molecular flexibility index (Phi) is 3.68. The predicted octanol–water partition coefficient (Wildman–Crippen LogP) is 2.72. The van der Waals surface area contributed by atoms with Gasteiger partial charge < -0.3 is 10.1 Å². The molecule has 1 aliphatic heterocycles. The Morgan fingerprint density at radius 3 is 2.60 bits per heavy atom. The third-order valence-corrected chi connectivity index (χ3v) is 3.98. The molecule has 1 aliphatic carbocycles. The van der Waals surface area contributed by atoms with E-state index < -0.39 is 0 Å². The van der Waals surface area contributed by atoms with Crippen LogP contribution in [0.3, 0.4) is 0 Å². The van der Waals surface area contributed by atoms with Gasteiger partial charge in [0.2, 0.25) is 0 Å². The number of ether oxygens (including phenoxy) is 1. The fourth-order valence-electron chi connectivity index (χ4n) is 2.84. The van der Waals surface area contributed by atoms with Crippen LogP contribution in [0.25, 0.3) is 0 Å². The van der Waals surface area contributed by atoms with Crippen molar-refractivity contribution in [2.24, 2.45) is 5.41 Å². The van der Waals surface area contributed by atoms with E-state index in [4.69, 9.17) is 4.74 Å². The first-order chi connectivity index (χ1) is 7.20. The topological polar surface area (TPSA) is 21.3 Å². The normalized spacial score (nSPS) is 29.4. The molecule has 0 bridgehead atoms. The molecule has 0 aromatic heterocycles. The minimum absolute atomic E-state index is 0.569. The highest BCUT2D eigenvalue weighted by molar-refractivity contribution is 4.92. The highest BCUT2D eigenvalue weighted by Crippen LogP contribution is 2.45. The summed E-state index contributed by atoms with van der Waals surface area (Å²) in [5.41, 5.74) is 0.583. The van der Waals surface area contributed by atoms with E-state index in [9.17, 15) is 0 Å². The van der Waals surface area contributed by atoms with Crippen LogP contribution in [0.1, 0.15) is 52.4 Å². The molecule has 0 aromatic rings. The zero-order chi connectivity index (χ0) is 10.7. The second-order valence-electron chi connectivity index (χ2n) is 5.73. The molecule has 2 fully saturated rings. The van der Waals surface area contributed by atoms with Crippen LogP contribution >= 0.6 is 0 Å². The Balaban J connectivity index is 1.79. The fraction of sp³-hybridized carbons (Fsp3) is 1.00. The molecule has 2 heteroatoms. The van der Waals surface area contributed by atoms with E-state index in [2.05, 4.69) is 19.2 Å². The molecule has 1 unspecified atom stereocenters. The third kappa shape index (κ3) is 2.94. The van der Waals surface area contributed by atoms with Crippen molar-refractivity contribution in [3.05, 3.63) is 0 Å². The molecule has 1 N–H and O–H groups in total. The molecule has 2 rings (SSSR count). The van der Waals surface area contributed by atoms with Gasteiger partial charge in [-0.05, 0) is 37.5 Å². The summed E-state index contributed by atoms with van der Waals surface area (Å²) in [6.45, 7) is 6.67. The van der Waals surface area contributed by atoms with Gasteiger partial charge in [-0.15, -0.1) is 0 Å². The molecule has 1 saturated heterocycles. The molecule has 0 amide bonds. The Labute approximate surface area is 93.8 Å². The van der Waals surface area contributed by atoms with Crippen LogP contribution in [-0.4, -0.2) is 25.3 Å². The highest BCUT2D eigenvalue weighted by atomic mass is 16.5. The Morgan fingerprint density at radius 2 is 2.13 bits per heavy atom. The molecule has 2 aliphatic rings. The van der Waals surface area contributed by atoms with E-state index in [0.717, 1.165) is 6.61 Å². The van der Waals surface area contributed by atoms with Crippen LogP contribution in [-0.2, 0) is 4.74 Å². The van der Waals surface area contributed by atoms with Crippen molar-refractivity contribution in [3.63, 3.8) is 0 Å². The van der Waals surface area contributed by atoms with Gasteiger partial charge in [0.1, 0.15) is 0 Å². The summed E-state index contributed by atoms with van der Waals surface area (Å²) < 4.78 is 5.76. The maximum absolute atomic E-state index is 5.76. The van der Waals surface area contributed by atoms with Gasteiger partial charge in [0.05, 0.1) is 6.10 Å². The van der Waals surface area contributed by atoms with Gasteiger partial charge in [0, 0.05) is 19.2 Å². The van der Waals surface area contributed by atoms with Crippen molar-refractivity contribution in [1.29, 1.82) is 0 Å². The van der Waals surface area contributed by atoms with Gasteiger partial charge in [-0.25, -0.2) is 0 Å². The number of nitrogens with one attached hydrogen (secondary N) is 1. The first-order valence-corrected chi connectivity index (χ1v) is 6.55. The van der Waals surface area contributed by atoms with Crippen molar-refractivity contribution in [1.82, 2.24) is 5.32 Å². The summed E-state index contributed by atoms with van der Waals surface area (Å²) in [7, 11) is 0. The first-order valence-electron chi connectivity index (χ1n) is 6.55. The van der Waals surface area contributed by atoms with Crippen molar-refractivity contribution < 1.29 is 4.74 Å². The Bertz CT molecular complexity index is 193. The molecular weight excluding hydrogens is 186 g/mol. The highest BCUT2D eigenvalue weighted by Gasteiger charge is 2.39. The van der Waals surface area contributed by atoms with Gasteiger partial charge in [0.15, 0.2) is 0 Å². The van der Waals surface area contributed by atoms with E-state index in [1.165, 1.54) is 45.1 Å². The number of hydrogen-bond acceptors (Lipinski definition) is 2. The van der Waals surface area contributed by atoms with E-state index in [1.54, 1.807) is 0 Å². The van der Waals surface area contributed by atoms with Crippen molar-refractivity contribution in [2.45, 2.75) is 64.5 Å². The van der Waals surface area contributed by atoms with Gasteiger partial charge in [-0.2, -0.15) is 0 Å². The van der Waals surface area contributed by atoms with Crippen molar-refractivity contribution in [3.8, 4) is 0 Å². The largest absolute Gasteiger partial charge is 0.378 e. The van der Waals surface area contributed by atoms with Crippen LogP contribution in [0.5, 0.6) is 0 Å². The minimum atomic E-state index is 0.569. The lowest BCUT2D eigenvalue weighted by molar-refractivity contribution is 0.0209. The van der Waals surface area contributed by atoms with Crippen molar-refractivity contribution in [2.75, 3.05) is 13.2 Å². The lowest BCUT2D eigenvalue weighted by Gasteiger charge is -2.44. The zero-order valence-corrected chi connectivity index (χ0v) is 10.2. The Hall–Kier alpha value is -0.0800. The average Bonchev–Trinajstić information content (AvgIpc) is 2.61. The molecule has 1 saturated carbocycles. The Morgan fingerprint density at radius 1 is 1.33 bits per heavy atom. The lowest BCUT2D eigenvalue weighted by Crippen LogP contribution is -2.44. The van der Waals surface area contributed by atoms with Gasteiger partial charge in [-0.3, -0.25) is 0 Å². The molecular formula is C13H25NO. The van der Waals surface area contributed by atoms with Gasteiger partial charge in [0.25, 0.3) is 0 Å². The number of rotatable bonds is 5. The summed E-state index contributed by atoms with van der Waals surface area (Å²) in [4.78, 5) is 0. The van der Waals surface area contributed by atoms with Gasteiger partial charge >= 0.3 is 0 Å². The van der Waals surface area contributed by atoms with Crippen LogP contribution in [0, 0.1) is 5.41 Å². The molecule has 0 aromatic carbocycles. The summed E-state index contributed by atoms with van der Waals surface area (Å²) >= 11 is 0. The van der Waals surface area contributed by atoms with Crippen LogP contribution in [0.4, 0.5) is 0 Å². The summed E-state index contributed by atoms with van der Waals surface area (Å²) in [5.74, 6) is 0. The predicted molar refractivity (Wildman–Crippen MR) is 63.0 cm³/mol. The monoisotopic (exact) mass is 211 g/mol. The maximum atomic E-state index is 5.76. The third-order valence-electron chi connectivity index (χ3n) is 3.98. The van der Waals surface area contributed by atoms with E-state index >= 15 is 0 Å². The van der Waals surface area contributed by atoms with Gasteiger partial charge in [-0.1, -0.05) is 20.3 Å². The van der Waals surface area contributed by atoms with E-state index in [0.29, 0.717) is 17.6 Å². The first kappa shape index (κ1) is 11.4. The minimum Gasteiger partial charge on any atom is -0.378 e. The second kappa shape index (κ2) is 4.84.